The number of anilines is 2. The molecule has 0 spiro atoms. The number of benzene rings is 2. The molecule has 1 fully saturated rings. The van der Waals surface area contributed by atoms with Crippen LogP contribution in [0, 0.1) is 5.82 Å². The third-order valence-electron chi connectivity index (χ3n) is 3.78. The fourth-order valence-electron chi connectivity index (χ4n) is 2.40. The summed E-state index contributed by atoms with van der Waals surface area (Å²) in [5.41, 5.74) is 7.89. The van der Waals surface area contributed by atoms with E-state index < -0.39 is 18.2 Å². The molecule has 0 atom stereocenters. The molecule has 154 valence electrons. The third kappa shape index (κ3) is 5.67. The van der Waals surface area contributed by atoms with Crippen LogP contribution in [0.4, 0.5) is 33.7 Å². The van der Waals surface area contributed by atoms with Gasteiger partial charge in [0, 0.05) is 29.9 Å². The number of nitrogens with two attached hydrogens (primary N) is 1. The zero-order valence-electron chi connectivity index (χ0n) is 14.7. The molecule has 29 heavy (non-hydrogen) atoms. The number of nitrogens with one attached hydrogen (secondary N) is 1. The first-order valence-electron chi connectivity index (χ1n) is 8.06. The Morgan fingerprint density at radius 1 is 1.10 bits per heavy atom. The van der Waals surface area contributed by atoms with Crippen LogP contribution in [0.1, 0.15) is 6.42 Å². The van der Waals surface area contributed by atoms with Gasteiger partial charge in [0.1, 0.15) is 5.82 Å². The molecule has 1 aliphatic heterocycles. The number of halogens is 4. The van der Waals surface area contributed by atoms with Crippen molar-refractivity contribution in [2.45, 2.75) is 12.6 Å². The van der Waals surface area contributed by atoms with E-state index in [1.165, 1.54) is 17.0 Å². The minimum absolute atomic E-state index is 0.261. The zero-order valence-corrected chi connectivity index (χ0v) is 14.7. The molecule has 7 nitrogen and oxygen atoms in total. The first kappa shape index (κ1) is 21.7. The minimum atomic E-state index is -5.08. The quantitative estimate of drug-likeness (QED) is 0.517. The second-order valence-electron chi connectivity index (χ2n) is 5.84. The van der Waals surface area contributed by atoms with Gasteiger partial charge in [-0.2, -0.15) is 13.2 Å². The maximum atomic E-state index is 13.8. The van der Waals surface area contributed by atoms with Crippen molar-refractivity contribution in [3.05, 3.63) is 48.3 Å². The second-order valence-corrected chi connectivity index (χ2v) is 5.84. The summed E-state index contributed by atoms with van der Waals surface area (Å²) in [6.45, 7) is 0.330. The molecule has 1 saturated heterocycles. The molecule has 2 aromatic rings. The Morgan fingerprint density at radius 2 is 1.69 bits per heavy atom. The molecule has 0 radical (unpaired) electrons. The van der Waals surface area contributed by atoms with E-state index in [-0.39, 0.29) is 18.1 Å². The topological polar surface area (TPSA) is 113 Å². The fraction of sp³-hybridized carbons (Fsp3) is 0.167. The maximum absolute atomic E-state index is 13.8. The number of amides is 3. The molecule has 1 heterocycles. The number of hydrogen-bond acceptors (Lipinski definition) is 4. The van der Waals surface area contributed by atoms with E-state index in [0.717, 1.165) is 0 Å². The van der Waals surface area contributed by atoms with Gasteiger partial charge in [0.25, 0.3) is 0 Å². The van der Waals surface area contributed by atoms with Gasteiger partial charge in [0.2, 0.25) is 5.91 Å². The Bertz CT molecular complexity index is 930. The van der Waals surface area contributed by atoms with Crippen LogP contribution in [0.3, 0.4) is 0 Å². The summed E-state index contributed by atoms with van der Waals surface area (Å²) in [7, 11) is 0. The van der Waals surface area contributed by atoms with Gasteiger partial charge >= 0.3 is 18.2 Å². The number of carboxylic acids is 1. The number of nitrogen functional groups attached to an aromatic ring is 1. The van der Waals surface area contributed by atoms with Gasteiger partial charge in [-0.3, -0.25) is 15.0 Å². The number of hydrogen-bond donors (Lipinski definition) is 3. The second kappa shape index (κ2) is 8.59. The van der Waals surface area contributed by atoms with Gasteiger partial charge in [-0.05, 0) is 35.9 Å². The Morgan fingerprint density at radius 3 is 2.21 bits per heavy atom. The predicted octanol–water partition coefficient (Wildman–Crippen LogP) is 3.15. The van der Waals surface area contributed by atoms with Gasteiger partial charge in [-0.25, -0.2) is 14.0 Å². The smallest absolute Gasteiger partial charge is 0.475 e. The molecule has 3 rings (SSSR count). The van der Waals surface area contributed by atoms with Crippen LogP contribution in [0.2, 0.25) is 0 Å². The highest BCUT2D eigenvalue weighted by atomic mass is 19.4. The first-order valence-corrected chi connectivity index (χ1v) is 8.06. The summed E-state index contributed by atoms with van der Waals surface area (Å²) in [5.74, 6) is -3.39. The summed E-state index contributed by atoms with van der Waals surface area (Å²) in [5, 5.41) is 9.39. The van der Waals surface area contributed by atoms with Crippen LogP contribution in [-0.2, 0) is 9.59 Å². The lowest BCUT2D eigenvalue weighted by Gasteiger charge is -2.26. The highest BCUT2D eigenvalue weighted by molar-refractivity contribution is 6.05. The average Bonchev–Trinajstić information content (AvgIpc) is 2.64. The number of carboxylic acid groups (broad SMARTS) is 1. The van der Waals surface area contributed by atoms with Crippen molar-refractivity contribution in [2.75, 3.05) is 17.2 Å². The van der Waals surface area contributed by atoms with Gasteiger partial charge < -0.3 is 10.8 Å². The summed E-state index contributed by atoms with van der Waals surface area (Å²) < 4.78 is 45.6. The maximum Gasteiger partial charge on any atom is 0.490 e. The predicted molar refractivity (Wildman–Crippen MR) is 95.4 cm³/mol. The van der Waals surface area contributed by atoms with E-state index in [1.54, 1.807) is 30.3 Å². The lowest BCUT2D eigenvalue weighted by Crippen LogP contribution is -2.49. The molecule has 0 saturated carbocycles. The SMILES string of the molecule is Nc1ccc(F)c(-c2ccc(N3CCC(=O)NC3=O)cc2)c1.O=C(O)C(F)(F)F. The number of aliphatic carboxylic acids is 1. The van der Waals surface area contributed by atoms with Crippen molar-refractivity contribution < 1.29 is 37.1 Å². The van der Waals surface area contributed by atoms with Crippen molar-refractivity contribution in [1.29, 1.82) is 0 Å². The molecule has 11 heteroatoms. The normalized spacial score (nSPS) is 14.0. The molecule has 2 aromatic carbocycles. The molecule has 4 N–H and O–H groups in total. The third-order valence-corrected chi connectivity index (χ3v) is 3.78. The lowest BCUT2D eigenvalue weighted by molar-refractivity contribution is -0.192. The van der Waals surface area contributed by atoms with Gasteiger partial charge in [-0.1, -0.05) is 12.1 Å². The van der Waals surface area contributed by atoms with Gasteiger partial charge in [0.05, 0.1) is 0 Å². The highest BCUT2D eigenvalue weighted by Crippen LogP contribution is 2.27. The van der Waals surface area contributed by atoms with Crippen LogP contribution in [0.25, 0.3) is 11.1 Å². The number of carbonyl (C=O) groups excluding carboxylic acids is 2. The Balaban J connectivity index is 0.000000370. The summed E-state index contributed by atoms with van der Waals surface area (Å²) in [6, 6.07) is 10.8. The number of urea groups is 1. The van der Waals surface area contributed by atoms with E-state index in [0.29, 0.717) is 29.0 Å². The van der Waals surface area contributed by atoms with Crippen LogP contribution in [-0.4, -0.2) is 35.7 Å². The Kier molecular flexibility index (Phi) is 6.42. The Labute approximate surface area is 161 Å². The van der Waals surface area contributed by atoms with E-state index >= 15 is 0 Å². The Hall–Kier alpha value is -3.63. The molecule has 0 aromatic heterocycles. The molecule has 3 amide bonds. The first-order chi connectivity index (χ1) is 13.5. The molecular formula is C18H15F4N3O4. The zero-order chi connectivity index (χ0) is 21.8. The molecule has 1 aliphatic rings. The summed E-state index contributed by atoms with van der Waals surface area (Å²) in [6.07, 6.45) is -4.82. The average molecular weight is 413 g/mol. The monoisotopic (exact) mass is 413 g/mol. The number of nitrogens with zero attached hydrogens (tertiary/aromatic N) is 1. The highest BCUT2D eigenvalue weighted by Gasteiger charge is 2.38. The van der Waals surface area contributed by atoms with Crippen molar-refractivity contribution in [3.8, 4) is 11.1 Å². The largest absolute Gasteiger partial charge is 0.490 e. The summed E-state index contributed by atoms with van der Waals surface area (Å²) in [4.78, 5) is 33.3. The van der Waals surface area contributed by atoms with E-state index in [2.05, 4.69) is 5.32 Å². The van der Waals surface area contributed by atoms with Crippen LogP contribution < -0.4 is 16.0 Å². The molecule has 0 aliphatic carbocycles. The van der Waals surface area contributed by atoms with Crippen LogP contribution >= 0.6 is 0 Å². The minimum Gasteiger partial charge on any atom is -0.475 e. The van der Waals surface area contributed by atoms with Crippen LogP contribution in [0.15, 0.2) is 42.5 Å². The van der Waals surface area contributed by atoms with Crippen molar-refractivity contribution in [3.63, 3.8) is 0 Å². The number of alkyl halides is 3. The molecular weight excluding hydrogens is 398 g/mol. The van der Waals surface area contributed by atoms with Crippen molar-refractivity contribution >= 4 is 29.3 Å². The lowest BCUT2D eigenvalue weighted by atomic mass is 10.0. The van der Waals surface area contributed by atoms with E-state index in [1.807, 2.05) is 0 Å². The van der Waals surface area contributed by atoms with Crippen molar-refractivity contribution in [2.24, 2.45) is 0 Å². The van der Waals surface area contributed by atoms with Gasteiger partial charge in [-0.15, -0.1) is 0 Å². The summed E-state index contributed by atoms with van der Waals surface area (Å²) >= 11 is 0. The fourth-order valence-corrected chi connectivity index (χ4v) is 2.40. The standard InChI is InChI=1S/C16H14FN3O2.C2HF3O2/c17-14-6-3-11(18)9-13(14)10-1-4-12(5-2-10)20-8-7-15(21)19-16(20)22;3-2(4,5)1(6)7/h1-6,9H,7-8,18H2,(H,19,21,22);(H,6,7). The van der Waals surface area contributed by atoms with E-state index in [4.69, 9.17) is 15.6 Å². The van der Waals surface area contributed by atoms with Gasteiger partial charge in [0.15, 0.2) is 0 Å². The van der Waals surface area contributed by atoms with E-state index in [9.17, 15) is 27.2 Å². The van der Waals surface area contributed by atoms with Crippen molar-refractivity contribution in [1.82, 2.24) is 5.32 Å². The number of carbonyl (C=O) groups is 3. The molecule has 0 unspecified atom stereocenters. The van der Waals surface area contributed by atoms with Crippen LogP contribution in [0.5, 0.6) is 0 Å². The number of rotatable bonds is 2. The number of imide groups is 1. The molecule has 0 bridgehead atoms.